The van der Waals surface area contributed by atoms with Crippen molar-refractivity contribution in [3.05, 3.63) is 53.2 Å². The topological polar surface area (TPSA) is 185 Å². The van der Waals surface area contributed by atoms with Crippen LogP contribution in [0.4, 0.5) is 24.7 Å². The summed E-state index contributed by atoms with van der Waals surface area (Å²) in [4.78, 5) is 32.5. The highest BCUT2D eigenvalue weighted by Crippen LogP contribution is 2.36. The number of benzene rings is 1. The van der Waals surface area contributed by atoms with E-state index in [1.165, 1.54) is 65.1 Å². The molecule has 12 nitrogen and oxygen atoms in total. The third-order valence-corrected chi connectivity index (χ3v) is 10.6. The van der Waals surface area contributed by atoms with Gasteiger partial charge in [0.15, 0.2) is 0 Å². The number of amides is 1. The van der Waals surface area contributed by atoms with E-state index in [9.17, 15) is 48.3 Å². The normalized spacial score (nSPS) is 32.6. The Bertz CT molecular complexity index is 1540. The molecule has 1 aliphatic rings. The third-order valence-electron chi connectivity index (χ3n) is 10.6. The Morgan fingerprint density at radius 1 is 1.06 bits per heavy atom. The molecule has 1 aromatic carbocycles. The molecule has 0 saturated carbocycles. The van der Waals surface area contributed by atoms with Gasteiger partial charge < -0.3 is 40.9 Å². The van der Waals surface area contributed by atoms with Crippen molar-refractivity contribution in [2.45, 2.75) is 122 Å². The number of alkyl halides is 3. The second-order valence-electron chi connectivity index (χ2n) is 15.1. The molecule has 1 aromatic heterocycles. The van der Waals surface area contributed by atoms with Crippen molar-refractivity contribution in [2.75, 3.05) is 25.0 Å². The van der Waals surface area contributed by atoms with E-state index < -0.39 is 77.1 Å². The first-order chi connectivity index (χ1) is 24.5. The van der Waals surface area contributed by atoms with Gasteiger partial charge in [0.25, 0.3) is 5.91 Å². The molecule has 298 valence electrons. The highest BCUT2D eigenvalue weighted by Gasteiger charge is 2.47. The molecule has 0 aliphatic carbocycles. The smallest absolute Gasteiger partial charge is 0.416 e. The summed E-state index contributed by atoms with van der Waals surface area (Å²) in [5, 5.41) is 62.3. The molecule has 1 saturated heterocycles. The second kappa shape index (κ2) is 17.9. The number of halogens is 3. The van der Waals surface area contributed by atoms with Gasteiger partial charge in [-0.25, -0.2) is 4.98 Å². The molecular weight excluding hydrogens is 697 g/mol. The lowest BCUT2D eigenvalue weighted by molar-refractivity contribution is -0.193. The number of anilines is 2. The average molecular weight is 755 g/mol. The van der Waals surface area contributed by atoms with Crippen LogP contribution in [0.2, 0.25) is 0 Å². The Morgan fingerprint density at radius 2 is 1.72 bits per heavy atom. The van der Waals surface area contributed by atoms with Crippen LogP contribution in [0.25, 0.3) is 0 Å². The molecule has 2 heterocycles. The van der Waals surface area contributed by atoms with Gasteiger partial charge in [-0.05, 0) is 89.6 Å². The molecule has 3 rings (SSSR count). The molecule has 2 aromatic rings. The lowest BCUT2D eigenvalue weighted by Crippen LogP contribution is -2.59. The zero-order valence-electron chi connectivity index (χ0n) is 31.8. The van der Waals surface area contributed by atoms with Crippen molar-refractivity contribution in [3.63, 3.8) is 0 Å². The number of esters is 1. The van der Waals surface area contributed by atoms with E-state index in [4.69, 9.17) is 4.74 Å². The number of ether oxygens (including phenoxy) is 1. The van der Waals surface area contributed by atoms with Gasteiger partial charge in [0.05, 0.1) is 34.9 Å². The first-order valence-corrected chi connectivity index (χ1v) is 18.1. The standard InChI is InChI=1S/C38H57F3N4O8/c1-9-29-37(8,52)32(48)25(6)45(20-21(2)19-36(7,51)31(47)23(4)30(46)24(5)35(50)53-29)18-12-17-43-34(49)26-13-11-16-42-33(26)44-28-15-10-14-27(22(28)3)38(39,40)41/h10-11,13-16,21,23-25,29-32,46-48,51-52H,9,12,17-20H2,1-8H3,(H,42,44)(H,43,49)/t21-,23+,24-,25-,29-,30+,31-,32-,36-,37-/m1/s1. The van der Waals surface area contributed by atoms with Crippen molar-refractivity contribution in [3.8, 4) is 0 Å². The number of hydrogen-bond acceptors (Lipinski definition) is 11. The van der Waals surface area contributed by atoms with E-state index in [0.29, 0.717) is 19.5 Å². The van der Waals surface area contributed by atoms with E-state index in [-0.39, 0.29) is 47.9 Å². The maximum absolute atomic E-state index is 13.5. The van der Waals surface area contributed by atoms with E-state index in [1.807, 2.05) is 11.8 Å². The quantitative estimate of drug-likeness (QED) is 0.152. The second-order valence-corrected chi connectivity index (χ2v) is 15.1. The minimum absolute atomic E-state index is 0.0459. The minimum atomic E-state index is -4.56. The minimum Gasteiger partial charge on any atom is -0.459 e. The van der Waals surface area contributed by atoms with Gasteiger partial charge >= 0.3 is 12.1 Å². The molecule has 10 atom stereocenters. The van der Waals surface area contributed by atoms with Crippen LogP contribution < -0.4 is 10.6 Å². The highest BCUT2D eigenvalue weighted by atomic mass is 19.4. The van der Waals surface area contributed by atoms with Crippen LogP contribution in [0, 0.1) is 24.7 Å². The van der Waals surface area contributed by atoms with Crippen LogP contribution in [0.3, 0.4) is 0 Å². The van der Waals surface area contributed by atoms with Crippen molar-refractivity contribution < 1.29 is 53.0 Å². The summed E-state index contributed by atoms with van der Waals surface area (Å²) in [7, 11) is 0. The van der Waals surface area contributed by atoms with Crippen LogP contribution in [0.5, 0.6) is 0 Å². The SMILES string of the molecule is CC[C@H]1OC(=O)[C@H](C)[C@@H](O)[C@H](C)[C@@H](O)[C@](C)(O)C[C@@H](C)CN(CCCNC(=O)c2cccnc2Nc2cccc(C(F)(F)F)c2C)[C@H](C)[C@@H](O)[C@]1(C)O. The summed E-state index contributed by atoms with van der Waals surface area (Å²) in [6, 6.07) is 6.02. The van der Waals surface area contributed by atoms with Crippen molar-refractivity contribution >= 4 is 23.4 Å². The molecule has 1 amide bonds. The van der Waals surface area contributed by atoms with Crippen LogP contribution in [0.1, 0.15) is 89.2 Å². The number of aliphatic hydroxyl groups is 5. The fourth-order valence-electron chi connectivity index (χ4n) is 7.32. The maximum Gasteiger partial charge on any atom is 0.416 e. The Balaban J connectivity index is 1.81. The molecule has 7 N–H and O–H groups in total. The van der Waals surface area contributed by atoms with Crippen LogP contribution in [-0.4, -0.2) is 109 Å². The maximum atomic E-state index is 13.5. The van der Waals surface area contributed by atoms with Gasteiger partial charge in [0.2, 0.25) is 0 Å². The van der Waals surface area contributed by atoms with E-state index in [0.717, 1.165) is 6.07 Å². The first-order valence-electron chi connectivity index (χ1n) is 18.1. The van der Waals surface area contributed by atoms with Gasteiger partial charge in [-0.3, -0.25) is 14.5 Å². The lowest BCUT2D eigenvalue weighted by Gasteiger charge is -2.43. The number of carbonyl (C=O) groups excluding carboxylic acids is 2. The molecule has 0 spiro atoms. The zero-order valence-corrected chi connectivity index (χ0v) is 31.8. The van der Waals surface area contributed by atoms with Gasteiger partial charge in [-0.1, -0.05) is 26.8 Å². The van der Waals surface area contributed by atoms with Crippen LogP contribution in [0.15, 0.2) is 36.5 Å². The summed E-state index contributed by atoms with van der Waals surface area (Å²) < 4.78 is 46.1. The number of cyclic esters (lactones) is 1. The molecule has 53 heavy (non-hydrogen) atoms. The number of pyridine rings is 1. The molecule has 1 fully saturated rings. The summed E-state index contributed by atoms with van der Waals surface area (Å²) >= 11 is 0. The molecule has 0 bridgehead atoms. The summed E-state index contributed by atoms with van der Waals surface area (Å²) in [6.45, 7) is 13.2. The lowest BCUT2D eigenvalue weighted by atomic mass is 9.78. The summed E-state index contributed by atoms with van der Waals surface area (Å²) in [5.74, 6) is -3.57. The molecule has 0 unspecified atom stereocenters. The fraction of sp³-hybridized carbons (Fsp3) is 0.658. The Kier molecular flexibility index (Phi) is 14.9. The van der Waals surface area contributed by atoms with Crippen molar-refractivity contribution in [1.29, 1.82) is 0 Å². The molecule has 15 heteroatoms. The van der Waals surface area contributed by atoms with Crippen LogP contribution >= 0.6 is 0 Å². The van der Waals surface area contributed by atoms with Gasteiger partial charge in [-0.2, -0.15) is 13.2 Å². The number of aromatic nitrogens is 1. The number of nitrogens with zero attached hydrogens (tertiary/aromatic N) is 2. The van der Waals surface area contributed by atoms with Gasteiger partial charge in [0, 0.05) is 43.5 Å². The van der Waals surface area contributed by atoms with E-state index in [2.05, 4.69) is 15.6 Å². The van der Waals surface area contributed by atoms with Crippen molar-refractivity contribution in [1.82, 2.24) is 15.2 Å². The number of rotatable bonds is 8. The zero-order chi connectivity index (χ0) is 40.1. The Labute approximate surface area is 309 Å². The van der Waals surface area contributed by atoms with E-state index in [1.54, 1.807) is 13.8 Å². The summed E-state index contributed by atoms with van der Waals surface area (Å²) in [5.41, 5.74) is -4.17. The summed E-state index contributed by atoms with van der Waals surface area (Å²) in [6.07, 6.45) is -7.88. The predicted molar refractivity (Wildman–Crippen MR) is 193 cm³/mol. The molecular formula is C38H57F3N4O8. The monoisotopic (exact) mass is 754 g/mol. The highest BCUT2D eigenvalue weighted by molar-refractivity contribution is 5.99. The number of aliphatic hydroxyl groups excluding tert-OH is 3. The molecule has 0 radical (unpaired) electrons. The largest absolute Gasteiger partial charge is 0.459 e. The first kappa shape index (κ1) is 44.1. The average Bonchev–Trinajstić information content (AvgIpc) is 3.09. The predicted octanol–water partition coefficient (Wildman–Crippen LogP) is 4.18. The molecule has 1 aliphatic heterocycles. The van der Waals surface area contributed by atoms with Crippen LogP contribution in [-0.2, 0) is 15.7 Å². The number of nitrogens with one attached hydrogen (secondary N) is 2. The third kappa shape index (κ3) is 10.7. The fourth-order valence-corrected chi connectivity index (χ4v) is 7.32. The van der Waals surface area contributed by atoms with E-state index >= 15 is 0 Å². The van der Waals surface area contributed by atoms with Crippen molar-refractivity contribution in [2.24, 2.45) is 17.8 Å². The van der Waals surface area contributed by atoms with Gasteiger partial charge in [0.1, 0.15) is 23.6 Å². The number of hydrogen-bond donors (Lipinski definition) is 7. The number of carbonyl (C=O) groups is 2. The Morgan fingerprint density at radius 3 is 2.34 bits per heavy atom. The Hall–Kier alpha value is -3.34. The van der Waals surface area contributed by atoms with Gasteiger partial charge in [-0.15, -0.1) is 0 Å².